The first kappa shape index (κ1) is 16.4. The van der Waals surface area contributed by atoms with Crippen LogP contribution in [0.25, 0.3) is 0 Å². The van der Waals surface area contributed by atoms with Crippen LogP contribution in [0.5, 0.6) is 0 Å². The van der Waals surface area contributed by atoms with Gasteiger partial charge in [0.15, 0.2) is 0 Å². The SMILES string of the molecule is Cl.O=C(NCc1ccc(Br)c(F)c1)C1CCNCC1. The minimum absolute atomic E-state index is 0. The van der Waals surface area contributed by atoms with Crippen molar-refractivity contribution in [2.75, 3.05) is 13.1 Å². The molecule has 0 unspecified atom stereocenters. The number of carbonyl (C=O) groups is 1. The molecule has 0 saturated carbocycles. The molecule has 1 aliphatic rings. The third kappa shape index (κ3) is 4.75. The maximum absolute atomic E-state index is 13.3. The summed E-state index contributed by atoms with van der Waals surface area (Å²) in [4.78, 5) is 11.9. The van der Waals surface area contributed by atoms with Gasteiger partial charge < -0.3 is 10.6 Å². The summed E-state index contributed by atoms with van der Waals surface area (Å²) in [5, 5.41) is 6.09. The summed E-state index contributed by atoms with van der Waals surface area (Å²) in [6.45, 7) is 2.17. The third-order valence-corrected chi connectivity index (χ3v) is 3.80. The summed E-state index contributed by atoms with van der Waals surface area (Å²) in [6.07, 6.45) is 1.75. The predicted octanol–water partition coefficient (Wildman–Crippen LogP) is 2.63. The topological polar surface area (TPSA) is 41.1 Å². The first-order valence-corrected chi connectivity index (χ1v) is 6.88. The number of benzene rings is 1. The van der Waals surface area contributed by atoms with Crippen LogP contribution in [-0.4, -0.2) is 19.0 Å². The van der Waals surface area contributed by atoms with Crippen LogP contribution in [-0.2, 0) is 11.3 Å². The van der Waals surface area contributed by atoms with Gasteiger partial charge in [-0.25, -0.2) is 4.39 Å². The first-order chi connectivity index (χ1) is 8.66. The molecule has 1 aromatic carbocycles. The molecule has 0 spiro atoms. The van der Waals surface area contributed by atoms with E-state index in [4.69, 9.17) is 0 Å². The molecule has 2 rings (SSSR count). The zero-order valence-corrected chi connectivity index (χ0v) is 12.8. The maximum atomic E-state index is 13.3. The van der Waals surface area contributed by atoms with Gasteiger partial charge in [0.2, 0.25) is 5.91 Å². The molecule has 1 saturated heterocycles. The van der Waals surface area contributed by atoms with Gasteiger partial charge in [0.1, 0.15) is 5.82 Å². The number of amides is 1. The Balaban J connectivity index is 0.00000180. The fourth-order valence-corrected chi connectivity index (χ4v) is 2.31. The fraction of sp³-hybridized carbons (Fsp3) is 0.462. The first-order valence-electron chi connectivity index (χ1n) is 6.09. The lowest BCUT2D eigenvalue weighted by Crippen LogP contribution is -2.37. The van der Waals surface area contributed by atoms with Crippen LogP contribution < -0.4 is 10.6 Å². The molecule has 6 heteroatoms. The van der Waals surface area contributed by atoms with E-state index >= 15 is 0 Å². The Morgan fingerprint density at radius 2 is 2.11 bits per heavy atom. The molecule has 1 fully saturated rings. The van der Waals surface area contributed by atoms with E-state index in [1.54, 1.807) is 12.1 Å². The normalized spacial score (nSPS) is 15.7. The van der Waals surface area contributed by atoms with Gasteiger partial charge in [0, 0.05) is 12.5 Å². The molecule has 19 heavy (non-hydrogen) atoms. The number of piperidine rings is 1. The van der Waals surface area contributed by atoms with Crippen LogP contribution in [0, 0.1) is 11.7 Å². The van der Waals surface area contributed by atoms with Crippen molar-refractivity contribution in [2.45, 2.75) is 19.4 Å². The molecule has 0 atom stereocenters. The molecule has 2 N–H and O–H groups in total. The van der Waals surface area contributed by atoms with Gasteiger partial charge in [0.25, 0.3) is 0 Å². The Labute approximate surface area is 126 Å². The van der Waals surface area contributed by atoms with Crippen molar-refractivity contribution in [2.24, 2.45) is 5.92 Å². The number of rotatable bonds is 3. The molecule has 1 amide bonds. The number of carbonyl (C=O) groups excluding carboxylic acids is 1. The van der Waals surface area contributed by atoms with Crippen molar-refractivity contribution in [1.29, 1.82) is 0 Å². The fourth-order valence-electron chi connectivity index (χ4n) is 2.07. The quantitative estimate of drug-likeness (QED) is 0.879. The van der Waals surface area contributed by atoms with Crippen LogP contribution in [0.15, 0.2) is 22.7 Å². The average Bonchev–Trinajstić information content (AvgIpc) is 2.41. The summed E-state index contributed by atoms with van der Waals surface area (Å²) >= 11 is 3.10. The summed E-state index contributed by atoms with van der Waals surface area (Å²) < 4.78 is 13.7. The van der Waals surface area contributed by atoms with Crippen LogP contribution in [0.1, 0.15) is 18.4 Å². The molecular weight excluding hydrogens is 335 g/mol. The highest BCUT2D eigenvalue weighted by Crippen LogP contribution is 2.17. The van der Waals surface area contributed by atoms with Crippen molar-refractivity contribution >= 4 is 34.2 Å². The molecule has 1 aromatic rings. The Morgan fingerprint density at radius 3 is 2.74 bits per heavy atom. The van der Waals surface area contributed by atoms with Crippen molar-refractivity contribution in [3.63, 3.8) is 0 Å². The van der Waals surface area contributed by atoms with E-state index in [1.165, 1.54) is 6.07 Å². The Morgan fingerprint density at radius 1 is 1.42 bits per heavy atom. The Hall–Kier alpha value is -0.650. The van der Waals surface area contributed by atoms with Crippen molar-refractivity contribution < 1.29 is 9.18 Å². The minimum Gasteiger partial charge on any atom is -0.352 e. The zero-order valence-electron chi connectivity index (χ0n) is 10.4. The van der Waals surface area contributed by atoms with E-state index in [1.807, 2.05) is 0 Å². The van der Waals surface area contributed by atoms with Crippen LogP contribution in [0.4, 0.5) is 4.39 Å². The molecule has 1 aliphatic heterocycles. The lowest BCUT2D eigenvalue weighted by atomic mass is 9.97. The van der Waals surface area contributed by atoms with Gasteiger partial charge in [-0.1, -0.05) is 6.07 Å². The van der Waals surface area contributed by atoms with E-state index in [9.17, 15) is 9.18 Å². The molecule has 0 aliphatic carbocycles. The smallest absolute Gasteiger partial charge is 0.223 e. The lowest BCUT2D eigenvalue weighted by molar-refractivity contribution is -0.125. The monoisotopic (exact) mass is 350 g/mol. The van der Waals surface area contributed by atoms with Gasteiger partial charge in [-0.05, 0) is 59.6 Å². The zero-order chi connectivity index (χ0) is 13.0. The molecule has 106 valence electrons. The summed E-state index contributed by atoms with van der Waals surface area (Å²) in [6, 6.07) is 4.89. The number of hydrogen-bond donors (Lipinski definition) is 2. The Bertz CT molecular complexity index is 439. The third-order valence-electron chi connectivity index (χ3n) is 3.16. The number of nitrogens with one attached hydrogen (secondary N) is 2. The van der Waals surface area contributed by atoms with Gasteiger partial charge in [-0.15, -0.1) is 12.4 Å². The molecule has 0 aromatic heterocycles. The van der Waals surface area contributed by atoms with Crippen molar-refractivity contribution in [1.82, 2.24) is 10.6 Å². The van der Waals surface area contributed by atoms with Crippen LogP contribution in [0.3, 0.4) is 0 Å². The maximum Gasteiger partial charge on any atom is 0.223 e. The van der Waals surface area contributed by atoms with E-state index in [2.05, 4.69) is 26.6 Å². The van der Waals surface area contributed by atoms with E-state index < -0.39 is 0 Å². The molecular formula is C13H17BrClFN2O. The van der Waals surface area contributed by atoms with Gasteiger partial charge in [-0.2, -0.15) is 0 Å². The van der Waals surface area contributed by atoms with Gasteiger partial charge >= 0.3 is 0 Å². The average molecular weight is 352 g/mol. The Kier molecular flexibility index (Phi) is 6.75. The van der Waals surface area contributed by atoms with E-state index in [0.717, 1.165) is 31.5 Å². The highest BCUT2D eigenvalue weighted by atomic mass is 79.9. The second kappa shape index (κ2) is 7.82. The number of halogens is 3. The predicted molar refractivity (Wildman–Crippen MR) is 78.8 cm³/mol. The summed E-state index contributed by atoms with van der Waals surface area (Å²) in [7, 11) is 0. The second-order valence-electron chi connectivity index (χ2n) is 4.49. The van der Waals surface area contributed by atoms with E-state index in [0.29, 0.717) is 11.0 Å². The standard InChI is InChI=1S/C13H16BrFN2O.ClH/c14-11-2-1-9(7-12(11)15)8-17-13(18)10-3-5-16-6-4-10;/h1-2,7,10,16H,3-6,8H2,(H,17,18);1H. The highest BCUT2D eigenvalue weighted by molar-refractivity contribution is 9.10. The molecule has 3 nitrogen and oxygen atoms in total. The number of hydrogen-bond acceptors (Lipinski definition) is 2. The lowest BCUT2D eigenvalue weighted by Gasteiger charge is -2.21. The highest BCUT2D eigenvalue weighted by Gasteiger charge is 2.20. The van der Waals surface area contributed by atoms with Gasteiger partial charge in [-0.3, -0.25) is 4.79 Å². The second-order valence-corrected chi connectivity index (χ2v) is 5.34. The molecule has 0 radical (unpaired) electrons. The van der Waals surface area contributed by atoms with Crippen LogP contribution in [0.2, 0.25) is 0 Å². The van der Waals surface area contributed by atoms with Crippen LogP contribution >= 0.6 is 28.3 Å². The minimum atomic E-state index is -0.302. The molecule has 1 heterocycles. The largest absolute Gasteiger partial charge is 0.352 e. The van der Waals surface area contributed by atoms with Crippen molar-refractivity contribution in [3.8, 4) is 0 Å². The van der Waals surface area contributed by atoms with Gasteiger partial charge in [0.05, 0.1) is 4.47 Å². The molecule has 0 bridgehead atoms. The van der Waals surface area contributed by atoms with Crippen molar-refractivity contribution in [3.05, 3.63) is 34.1 Å². The summed E-state index contributed by atoms with van der Waals surface area (Å²) in [5.74, 6) is -0.144. The van der Waals surface area contributed by atoms with E-state index in [-0.39, 0.29) is 30.0 Å². The summed E-state index contributed by atoms with van der Waals surface area (Å²) in [5.41, 5.74) is 0.776.